The molecule has 5 atom stereocenters. The van der Waals surface area contributed by atoms with Gasteiger partial charge in [0.1, 0.15) is 42.0 Å². The number of aliphatic hydroxyl groups is 3. The van der Waals surface area contributed by atoms with Gasteiger partial charge in [-0.2, -0.15) is 23.4 Å². The summed E-state index contributed by atoms with van der Waals surface area (Å²) in [6.07, 6.45) is -10.1. The molecular formula is C31H24ClF6N5O4. The first-order chi connectivity index (χ1) is 22.3. The van der Waals surface area contributed by atoms with Crippen LogP contribution in [0.15, 0.2) is 66.9 Å². The first kappa shape index (κ1) is 32.7. The second kappa shape index (κ2) is 12.4. The average Bonchev–Trinajstić information content (AvgIpc) is 3.64. The van der Waals surface area contributed by atoms with Crippen LogP contribution in [0, 0.1) is 24.4 Å². The number of benzene rings is 3. The molecule has 1 aliphatic rings. The Balaban J connectivity index is 1.50. The van der Waals surface area contributed by atoms with Crippen LogP contribution in [0.1, 0.15) is 29.4 Å². The number of ether oxygens (including phenoxy) is 1. The fraction of sp³-hybridized carbons (Fsp3) is 0.258. The Morgan fingerprint density at radius 2 is 1.60 bits per heavy atom. The van der Waals surface area contributed by atoms with Crippen LogP contribution in [0.25, 0.3) is 28.1 Å². The first-order valence-electron chi connectivity index (χ1n) is 14.0. The maximum Gasteiger partial charge on any atom is 0.418 e. The van der Waals surface area contributed by atoms with E-state index in [1.54, 1.807) is 30.3 Å². The Bertz CT molecular complexity index is 1910. The van der Waals surface area contributed by atoms with Crippen molar-refractivity contribution in [3.05, 3.63) is 107 Å². The topological polar surface area (TPSA) is 118 Å². The highest BCUT2D eigenvalue weighted by atomic mass is 35.5. The number of hydrogen-bond acceptors (Lipinski definition) is 7. The van der Waals surface area contributed by atoms with E-state index in [1.165, 1.54) is 13.1 Å². The van der Waals surface area contributed by atoms with Crippen LogP contribution >= 0.6 is 11.6 Å². The molecule has 3 heterocycles. The number of rotatable bonds is 6. The number of halogens is 7. The highest BCUT2D eigenvalue weighted by Crippen LogP contribution is 2.42. The molecule has 3 aromatic carbocycles. The molecule has 0 amide bonds. The Morgan fingerprint density at radius 1 is 0.915 bits per heavy atom. The maximum atomic E-state index is 14.3. The van der Waals surface area contributed by atoms with E-state index in [0.717, 1.165) is 39.7 Å². The van der Waals surface area contributed by atoms with Gasteiger partial charge in [-0.25, -0.2) is 22.8 Å². The quantitative estimate of drug-likeness (QED) is 0.158. The van der Waals surface area contributed by atoms with Gasteiger partial charge < -0.3 is 20.1 Å². The van der Waals surface area contributed by atoms with E-state index >= 15 is 0 Å². The summed E-state index contributed by atoms with van der Waals surface area (Å²) in [6, 6.07) is 11.2. The van der Waals surface area contributed by atoms with Crippen LogP contribution < -0.4 is 0 Å². The Labute approximate surface area is 267 Å². The number of aryl methyl sites for hydroxylation is 1. The van der Waals surface area contributed by atoms with Crippen molar-refractivity contribution in [1.29, 1.82) is 0 Å². The lowest BCUT2D eigenvalue weighted by Gasteiger charge is -2.42. The number of aromatic nitrogens is 5. The molecule has 1 fully saturated rings. The van der Waals surface area contributed by atoms with Crippen molar-refractivity contribution in [2.24, 2.45) is 0 Å². The predicted molar refractivity (Wildman–Crippen MR) is 155 cm³/mol. The standard InChI is InChI=1S/C31H24ClF6N5O4/c1-14-39-30(43(40-14)22-11-17(32)7-8-19(22)31(36,37)38)29-28(46)26(27(45)23(13-44)47-29)42-12-18(16-9-20(33)24(35)21(34)10-16)25(41-42)15-5-3-2-4-6-15/h2-12,23,26-29,44-46H,13H2,1H3/t23?,26-,27-,28?,29+/m0/s1. The maximum absolute atomic E-state index is 14.3. The van der Waals surface area contributed by atoms with Gasteiger partial charge in [0.05, 0.1) is 17.9 Å². The highest BCUT2D eigenvalue weighted by molar-refractivity contribution is 6.30. The Morgan fingerprint density at radius 3 is 2.23 bits per heavy atom. The summed E-state index contributed by atoms with van der Waals surface area (Å²) in [5, 5.41) is 41.7. The third-order valence-electron chi connectivity index (χ3n) is 7.76. The van der Waals surface area contributed by atoms with E-state index in [4.69, 9.17) is 16.3 Å². The molecular weight excluding hydrogens is 656 g/mol. The highest BCUT2D eigenvalue weighted by Gasteiger charge is 2.49. The van der Waals surface area contributed by atoms with E-state index in [1.807, 2.05) is 0 Å². The molecule has 2 aromatic heterocycles. The summed E-state index contributed by atoms with van der Waals surface area (Å²) in [6.45, 7) is 0.600. The molecule has 3 N–H and O–H groups in total. The zero-order chi connectivity index (χ0) is 33.8. The van der Waals surface area contributed by atoms with Crippen molar-refractivity contribution < 1.29 is 46.4 Å². The molecule has 1 saturated heterocycles. The molecule has 1 aliphatic heterocycles. The van der Waals surface area contributed by atoms with Crippen LogP contribution in [-0.2, 0) is 10.9 Å². The lowest BCUT2D eigenvalue weighted by Crippen LogP contribution is -2.53. The number of nitrogens with zero attached hydrogens (tertiary/aromatic N) is 5. The molecule has 2 unspecified atom stereocenters. The molecule has 0 saturated carbocycles. The number of hydrogen-bond donors (Lipinski definition) is 3. The average molecular weight is 680 g/mol. The molecule has 0 bridgehead atoms. The largest absolute Gasteiger partial charge is 0.418 e. The van der Waals surface area contributed by atoms with Crippen LogP contribution in [0.5, 0.6) is 0 Å². The normalized spacial score (nSPS) is 21.7. The summed E-state index contributed by atoms with van der Waals surface area (Å²) >= 11 is 6.05. The minimum atomic E-state index is -4.84. The lowest BCUT2D eigenvalue weighted by atomic mass is 9.92. The third kappa shape index (κ3) is 6.00. The Hall–Kier alpha value is -4.28. The van der Waals surface area contributed by atoms with Crippen molar-refractivity contribution in [2.75, 3.05) is 6.61 Å². The second-order valence-corrected chi connectivity index (χ2v) is 11.3. The summed E-state index contributed by atoms with van der Waals surface area (Å²) in [4.78, 5) is 4.23. The molecule has 0 aliphatic carbocycles. The van der Waals surface area contributed by atoms with Gasteiger partial charge >= 0.3 is 6.18 Å². The van der Waals surface area contributed by atoms with Crippen LogP contribution in [-0.4, -0.2) is 64.8 Å². The molecule has 6 rings (SSSR count). The van der Waals surface area contributed by atoms with E-state index in [-0.39, 0.29) is 33.5 Å². The van der Waals surface area contributed by atoms with E-state index in [2.05, 4.69) is 15.2 Å². The molecule has 0 radical (unpaired) electrons. The van der Waals surface area contributed by atoms with Gasteiger partial charge in [0, 0.05) is 22.3 Å². The smallest absolute Gasteiger partial charge is 0.394 e. The Kier molecular flexibility index (Phi) is 8.61. The van der Waals surface area contributed by atoms with Crippen molar-refractivity contribution >= 4 is 11.6 Å². The fourth-order valence-corrected chi connectivity index (χ4v) is 5.78. The van der Waals surface area contributed by atoms with Crippen LogP contribution in [0.3, 0.4) is 0 Å². The van der Waals surface area contributed by atoms with Crippen molar-refractivity contribution in [1.82, 2.24) is 24.5 Å². The molecule has 0 spiro atoms. The molecule has 9 nitrogen and oxygen atoms in total. The van der Waals surface area contributed by atoms with Gasteiger partial charge in [0.25, 0.3) is 0 Å². The van der Waals surface area contributed by atoms with E-state index in [9.17, 15) is 41.7 Å². The van der Waals surface area contributed by atoms with E-state index < -0.39 is 71.9 Å². The van der Waals surface area contributed by atoms with Crippen molar-refractivity contribution in [2.45, 2.75) is 43.6 Å². The van der Waals surface area contributed by atoms with Crippen molar-refractivity contribution in [3.63, 3.8) is 0 Å². The fourth-order valence-electron chi connectivity index (χ4n) is 5.62. The summed E-state index contributed by atoms with van der Waals surface area (Å²) < 4.78 is 92.3. The van der Waals surface area contributed by atoms with Crippen LogP contribution in [0.4, 0.5) is 26.3 Å². The van der Waals surface area contributed by atoms with Gasteiger partial charge in [-0.3, -0.25) is 4.68 Å². The van der Waals surface area contributed by atoms with Gasteiger partial charge in [0.2, 0.25) is 0 Å². The summed E-state index contributed by atoms with van der Waals surface area (Å²) in [7, 11) is 0. The minimum absolute atomic E-state index is 0.000206. The second-order valence-electron chi connectivity index (χ2n) is 10.8. The summed E-state index contributed by atoms with van der Waals surface area (Å²) in [5.41, 5.74) is -1.08. The van der Waals surface area contributed by atoms with E-state index in [0.29, 0.717) is 5.56 Å². The molecule has 47 heavy (non-hydrogen) atoms. The SMILES string of the molecule is Cc1nc([C@@H]2OC(CO)[C@H](O)[C@H](n3cc(-c4cc(F)c(F)c(F)c4)c(-c4ccccc4)n3)C2O)n(-c2cc(Cl)ccc2C(F)(F)F)n1. The molecule has 5 aromatic rings. The number of alkyl halides is 3. The van der Waals surface area contributed by atoms with Gasteiger partial charge in [-0.05, 0) is 42.8 Å². The van der Waals surface area contributed by atoms with Gasteiger partial charge in [-0.15, -0.1) is 0 Å². The minimum Gasteiger partial charge on any atom is -0.394 e. The van der Waals surface area contributed by atoms with Crippen molar-refractivity contribution in [3.8, 4) is 28.1 Å². The molecule has 246 valence electrons. The first-order valence-corrected chi connectivity index (χ1v) is 14.4. The third-order valence-corrected chi connectivity index (χ3v) is 7.99. The number of aliphatic hydroxyl groups excluding tert-OH is 3. The lowest BCUT2D eigenvalue weighted by molar-refractivity contribution is -0.210. The monoisotopic (exact) mass is 679 g/mol. The summed E-state index contributed by atoms with van der Waals surface area (Å²) in [5.74, 6) is -4.92. The zero-order valence-corrected chi connectivity index (χ0v) is 24.8. The predicted octanol–water partition coefficient (Wildman–Crippen LogP) is 5.59. The van der Waals surface area contributed by atoms with Crippen LogP contribution in [0.2, 0.25) is 5.02 Å². The van der Waals surface area contributed by atoms with Gasteiger partial charge in [0.15, 0.2) is 23.3 Å². The van der Waals surface area contributed by atoms with Gasteiger partial charge in [-0.1, -0.05) is 41.9 Å². The zero-order valence-electron chi connectivity index (χ0n) is 24.1. The molecule has 16 heteroatoms.